The van der Waals surface area contributed by atoms with E-state index in [1.54, 1.807) is 0 Å². The molecule has 1 aliphatic rings. The molecule has 0 fully saturated rings. The number of nitrogens with zero attached hydrogens (tertiary/aromatic N) is 2. The van der Waals surface area contributed by atoms with Gasteiger partial charge in [-0.3, -0.25) is 0 Å². The number of rotatable bonds is 3. The van der Waals surface area contributed by atoms with Gasteiger partial charge < -0.3 is 0 Å². The van der Waals surface area contributed by atoms with E-state index >= 15 is 0 Å². The maximum absolute atomic E-state index is 6.30. The topological polar surface area (TPSA) is 36.8 Å². The van der Waals surface area contributed by atoms with Crippen LogP contribution >= 0.6 is 27.5 Å². The predicted octanol–water partition coefficient (Wildman–Crippen LogP) is 5.62. The third kappa shape index (κ3) is 2.77. The number of benzene rings is 2. The molecule has 0 amide bonds. The average molecular weight is 416 g/mol. The van der Waals surface area contributed by atoms with E-state index in [0.717, 1.165) is 32.1 Å². The quantitative estimate of drug-likeness (QED) is 0.554. The fraction of sp³-hybridized carbons (Fsp3) is 0.143. The van der Waals surface area contributed by atoms with Crippen LogP contribution in [0.25, 0.3) is 0 Å². The van der Waals surface area contributed by atoms with Crippen LogP contribution in [-0.4, -0.2) is 14.6 Å². The molecule has 0 saturated carbocycles. The standard InChI is InChI=1S/C14H11BrClN3Se/c1-8(10-6-5-9(15)7-11(10)16)17-12-3-2-4-13-14(12)19-20-18-13/h2-8,17H,1H3. The van der Waals surface area contributed by atoms with Gasteiger partial charge in [0.15, 0.2) is 0 Å². The Bertz CT molecular complexity index is 741. The average Bonchev–Trinajstić information content (AvgIpc) is 2.87. The fourth-order valence-electron chi connectivity index (χ4n) is 2.09. The summed E-state index contributed by atoms with van der Waals surface area (Å²) in [6.45, 7) is 2.09. The van der Waals surface area contributed by atoms with Crippen molar-refractivity contribution in [1.82, 2.24) is 0 Å². The van der Waals surface area contributed by atoms with Crippen molar-refractivity contribution in [2.75, 3.05) is 5.32 Å². The Morgan fingerprint density at radius 3 is 2.90 bits per heavy atom. The van der Waals surface area contributed by atoms with Crippen molar-refractivity contribution in [3.8, 4) is 0 Å². The Morgan fingerprint density at radius 1 is 1.25 bits per heavy atom. The second kappa shape index (κ2) is 5.86. The predicted molar refractivity (Wildman–Crippen MR) is 87.6 cm³/mol. The molecule has 1 N–H and O–H groups in total. The first kappa shape index (κ1) is 14.1. The van der Waals surface area contributed by atoms with Gasteiger partial charge in [-0.05, 0) is 0 Å². The minimum atomic E-state index is -0.0153. The van der Waals surface area contributed by atoms with Crippen LogP contribution in [0.5, 0.6) is 0 Å². The van der Waals surface area contributed by atoms with Crippen molar-refractivity contribution in [1.29, 1.82) is 0 Å². The second-order valence-electron chi connectivity index (χ2n) is 4.47. The van der Waals surface area contributed by atoms with Gasteiger partial charge in [-0.25, -0.2) is 0 Å². The molecule has 1 atom stereocenters. The Morgan fingerprint density at radius 2 is 2.10 bits per heavy atom. The van der Waals surface area contributed by atoms with Crippen LogP contribution in [-0.2, 0) is 0 Å². The van der Waals surface area contributed by atoms with Crippen LogP contribution in [0.15, 0.2) is 48.8 Å². The first-order valence-electron chi connectivity index (χ1n) is 6.08. The number of anilines is 1. The summed E-state index contributed by atoms with van der Waals surface area (Å²) in [5.74, 6) is 0. The van der Waals surface area contributed by atoms with Crippen LogP contribution < -0.4 is 5.32 Å². The summed E-state index contributed by atoms with van der Waals surface area (Å²) in [5, 5.41) is 4.22. The Hall–Kier alpha value is -0.871. The molecule has 20 heavy (non-hydrogen) atoms. The number of fused-ring (bicyclic) bond motifs is 1. The summed E-state index contributed by atoms with van der Waals surface area (Å²) in [4.78, 5) is 0. The molecule has 0 aliphatic carbocycles. The molecular weight excluding hydrogens is 404 g/mol. The molecule has 0 saturated heterocycles. The molecule has 3 rings (SSSR count). The number of hydrogen-bond donors (Lipinski definition) is 1. The molecule has 1 heterocycles. The van der Waals surface area contributed by atoms with Crippen LogP contribution in [0.4, 0.5) is 17.1 Å². The number of hydrogen-bond acceptors (Lipinski definition) is 3. The summed E-state index contributed by atoms with van der Waals surface area (Å²) < 4.78 is 9.85. The molecule has 102 valence electrons. The number of halogens is 2. The summed E-state index contributed by atoms with van der Waals surface area (Å²) in [6.07, 6.45) is 0. The van der Waals surface area contributed by atoms with Crippen molar-refractivity contribution in [2.45, 2.75) is 13.0 Å². The van der Waals surface area contributed by atoms with E-state index in [-0.39, 0.29) is 20.6 Å². The van der Waals surface area contributed by atoms with Crippen molar-refractivity contribution < 1.29 is 0 Å². The first-order valence-corrected chi connectivity index (χ1v) is 8.78. The Labute approximate surface area is 136 Å². The summed E-state index contributed by atoms with van der Waals surface area (Å²) in [5.41, 5.74) is 4.02. The van der Waals surface area contributed by atoms with Gasteiger partial charge in [0.05, 0.1) is 0 Å². The van der Waals surface area contributed by atoms with Crippen molar-refractivity contribution in [3.05, 3.63) is 51.5 Å². The molecular formula is C14H11BrClN3Se. The van der Waals surface area contributed by atoms with Gasteiger partial charge in [-0.2, -0.15) is 0 Å². The zero-order valence-corrected chi connectivity index (χ0v) is 14.7. The molecule has 0 aromatic heterocycles. The summed E-state index contributed by atoms with van der Waals surface area (Å²) >= 11 is 9.71. The van der Waals surface area contributed by atoms with Crippen LogP contribution in [0.1, 0.15) is 18.5 Å². The molecule has 2 aromatic rings. The SMILES string of the molecule is CC(Nc1cccc2c1N=[Se]=N2)c1ccc(Br)cc1Cl. The number of nitrogens with one attached hydrogen (secondary N) is 1. The summed E-state index contributed by atoms with van der Waals surface area (Å²) in [6, 6.07) is 12.1. The Kier molecular flexibility index (Phi) is 4.13. The molecule has 0 radical (unpaired) electrons. The zero-order valence-electron chi connectivity index (χ0n) is 10.6. The molecule has 2 aromatic carbocycles. The van der Waals surface area contributed by atoms with E-state index in [1.807, 2.05) is 36.4 Å². The molecule has 3 nitrogen and oxygen atoms in total. The third-order valence-electron chi connectivity index (χ3n) is 3.09. The first-order chi connectivity index (χ1) is 9.65. The van der Waals surface area contributed by atoms with E-state index in [2.05, 4.69) is 36.1 Å². The van der Waals surface area contributed by atoms with Gasteiger partial charge in [0.2, 0.25) is 0 Å². The third-order valence-corrected chi connectivity index (χ3v) is 5.05. The maximum atomic E-state index is 6.30. The molecule has 0 spiro atoms. The molecule has 0 bridgehead atoms. The van der Waals surface area contributed by atoms with Crippen molar-refractivity contribution in [2.24, 2.45) is 7.92 Å². The Balaban J connectivity index is 1.88. The van der Waals surface area contributed by atoms with Crippen molar-refractivity contribution in [3.63, 3.8) is 0 Å². The van der Waals surface area contributed by atoms with Crippen LogP contribution in [0.2, 0.25) is 5.02 Å². The van der Waals surface area contributed by atoms with Crippen LogP contribution in [0.3, 0.4) is 0 Å². The van der Waals surface area contributed by atoms with E-state index in [0.29, 0.717) is 0 Å². The summed E-state index contributed by atoms with van der Waals surface area (Å²) in [7, 11) is 0. The van der Waals surface area contributed by atoms with Gasteiger partial charge in [0.1, 0.15) is 0 Å². The van der Waals surface area contributed by atoms with E-state index < -0.39 is 0 Å². The molecule has 6 heteroatoms. The van der Waals surface area contributed by atoms with Crippen LogP contribution in [0, 0.1) is 0 Å². The van der Waals surface area contributed by atoms with Gasteiger partial charge in [0, 0.05) is 0 Å². The van der Waals surface area contributed by atoms with Gasteiger partial charge in [-0.1, -0.05) is 0 Å². The van der Waals surface area contributed by atoms with Gasteiger partial charge >= 0.3 is 137 Å². The minimum absolute atomic E-state index is 0.0153. The molecule has 1 aliphatic heterocycles. The monoisotopic (exact) mass is 415 g/mol. The van der Waals surface area contributed by atoms with Gasteiger partial charge in [-0.15, -0.1) is 0 Å². The van der Waals surface area contributed by atoms with E-state index in [9.17, 15) is 0 Å². The normalized spacial score (nSPS) is 13.8. The zero-order chi connectivity index (χ0) is 14.1. The van der Waals surface area contributed by atoms with Crippen molar-refractivity contribution >= 4 is 59.2 Å². The second-order valence-corrected chi connectivity index (χ2v) is 6.90. The fourth-order valence-corrected chi connectivity index (χ4v) is 4.08. The van der Waals surface area contributed by atoms with Gasteiger partial charge in [0.25, 0.3) is 0 Å². The van der Waals surface area contributed by atoms with E-state index in [1.165, 1.54) is 0 Å². The van der Waals surface area contributed by atoms with E-state index in [4.69, 9.17) is 11.6 Å². The molecule has 1 unspecified atom stereocenters.